The smallest absolute Gasteiger partial charge is 0.191 e. The molecule has 164 valence electrons. The number of fused-ring (bicyclic) bond motifs is 1. The summed E-state index contributed by atoms with van der Waals surface area (Å²) in [6.07, 6.45) is 12.2. The van der Waals surface area contributed by atoms with E-state index < -0.39 is 0 Å². The lowest BCUT2D eigenvalue weighted by atomic mass is 9.60. The lowest BCUT2D eigenvalue weighted by Gasteiger charge is -2.54. The van der Waals surface area contributed by atoms with E-state index in [0.717, 1.165) is 38.2 Å². The second kappa shape index (κ2) is 9.54. The second-order valence-corrected chi connectivity index (χ2v) is 9.15. The molecule has 7 heteroatoms. The molecule has 0 saturated heterocycles. The summed E-state index contributed by atoms with van der Waals surface area (Å²) in [4.78, 5) is 4.55. The maximum atomic E-state index is 6.06. The van der Waals surface area contributed by atoms with Crippen molar-refractivity contribution >= 4 is 29.9 Å². The van der Waals surface area contributed by atoms with Crippen LogP contribution in [0.25, 0.3) is 0 Å². The molecule has 3 aliphatic rings. The molecule has 0 bridgehead atoms. The topological polar surface area (TPSA) is 63.5 Å². The molecule has 1 spiro atoms. The van der Waals surface area contributed by atoms with E-state index in [1.54, 1.807) is 0 Å². The van der Waals surface area contributed by atoms with E-state index in [1.807, 2.05) is 7.05 Å². The van der Waals surface area contributed by atoms with Crippen molar-refractivity contribution in [1.82, 2.24) is 20.4 Å². The Morgan fingerprint density at radius 2 is 2.10 bits per heavy atom. The lowest BCUT2D eigenvalue weighted by Crippen LogP contribution is -2.65. The molecule has 0 amide bonds. The Labute approximate surface area is 192 Å². The predicted molar refractivity (Wildman–Crippen MR) is 128 cm³/mol. The highest BCUT2D eigenvalue weighted by Gasteiger charge is 2.57. The van der Waals surface area contributed by atoms with Crippen molar-refractivity contribution in [2.24, 2.45) is 10.4 Å². The summed E-state index contributed by atoms with van der Waals surface area (Å²) in [6, 6.07) is 1.31. The first kappa shape index (κ1) is 22.8. The van der Waals surface area contributed by atoms with Crippen LogP contribution in [0.4, 0.5) is 0 Å². The van der Waals surface area contributed by atoms with Crippen LogP contribution in [0.3, 0.4) is 0 Å². The van der Waals surface area contributed by atoms with Crippen molar-refractivity contribution in [3.63, 3.8) is 0 Å². The first-order chi connectivity index (χ1) is 13.6. The van der Waals surface area contributed by atoms with Crippen LogP contribution in [0.1, 0.15) is 76.6 Å². The van der Waals surface area contributed by atoms with Crippen LogP contribution in [0.5, 0.6) is 0 Å². The highest BCUT2D eigenvalue weighted by Crippen LogP contribution is 2.54. The lowest BCUT2D eigenvalue weighted by molar-refractivity contribution is -0.125. The van der Waals surface area contributed by atoms with Gasteiger partial charge in [-0.05, 0) is 58.4 Å². The molecule has 0 radical (unpaired) electrons. The monoisotopic (exact) mass is 515 g/mol. The molecule has 3 atom stereocenters. The summed E-state index contributed by atoms with van der Waals surface area (Å²) < 4.78 is 8.16. The number of rotatable bonds is 5. The van der Waals surface area contributed by atoms with Crippen LogP contribution in [0.2, 0.25) is 0 Å². The third kappa shape index (κ3) is 4.45. The molecule has 2 saturated carbocycles. The fraction of sp³-hybridized carbons (Fsp3) is 0.818. The number of guanidine groups is 1. The summed E-state index contributed by atoms with van der Waals surface area (Å²) in [6.45, 7) is 7.31. The average Bonchev–Trinajstić information content (AvgIpc) is 3.34. The molecule has 0 aliphatic heterocycles. The van der Waals surface area contributed by atoms with Crippen molar-refractivity contribution in [2.45, 2.75) is 96.4 Å². The van der Waals surface area contributed by atoms with Gasteiger partial charge in [0.05, 0.1) is 11.8 Å². The highest BCUT2D eigenvalue weighted by atomic mass is 127. The number of hydrogen-bond donors (Lipinski definition) is 2. The number of nitrogens with one attached hydrogen (secondary N) is 2. The van der Waals surface area contributed by atoms with Gasteiger partial charge in [-0.1, -0.05) is 12.8 Å². The molecular formula is C22H38IN5O. The van der Waals surface area contributed by atoms with Gasteiger partial charge in [-0.25, -0.2) is 0 Å². The minimum absolute atomic E-state index is 0. The molecule has 6 nitrogen and oxygen atoms in total. The van der Waals surface area contributed by atoms with Gasteiger partial charge >= 0.3 is 0 Å². The van der Waals surface area contributed by atoms with Crippen LogP contribution in [0.15, 0.2) is 11.2 Å². The van der Waals surface area contributed by atoms with E-state index in [9.17, 15) is 0 Å². The number of aromatic nitrogens is 2. The Balaban J connectivity index is 0.00000240. The van der Waals surface area contributed by atoms with Gasteiger partial charge in [0.2, 0.25) is 0 Å². The first-order valence-electron chi connectivity index (χ1n) is 11.2. The Kier molecular flexibility index (Phi) is 7.51. The summed E-state index contributed by atoms with van der Waals surface area (Å²) >= 11 is 0. The van der Waals surface area contributed by atoms with E-state index in [4.69, 9.17) is 9.84 Å². The van der Waals surface area contributed by atoms with Gasteiger partial charge < -0.3 is 15.4 Å². The SMILES string of the molecule is CCOC1CC(NC(=NC)NC2CCc3cn(C(C)C)nc3C2)C12CCCC2.I. The molecule has 0 aromatic carbocycles. The predicted octanol–water partition coefficient (Wildman–Crippen LogP) is 3.84. The summed E-state index contributed by atoms with van der Waals surface area (Å²) in [5.74, 6) is 0.947. The normalized spacial score (nSPS) is 28.0. The van der Waals surface area contributed by atoms with E-state index in [0.29, 0.717) is 29.6 Å². The molecule has 1 aromatic heterocycles. The van der Waals surface area contributed by atoms with Gasteiger partial charge in [-0.2, -0.15) is 5.10 Å². The fourth-order valence-electron chi connectivity index (χ4n) is 5.52. The highest BCUT2D eigenvalue weighted by molar-refractivity contribution is 14.0. The van der Waals surface area contributed by atoms with E-state index >= 15 is 0 Å². The summed E-state index contributed by atoms with van der Waals surface area (Å²) in [7, 11) is 1.89. The van der Waals surface area contributed by atoms with Crippen LogP contribution in [-0.4, -0.2) is 47.6 Å². The number of nitrogens with zero attached hydrogens (tertiary/aromatic N) is 3. The molecule has 1 heterocycles. The van der Waals surface area contributed by atoms with E-state index in [1.165, 1.54) is 36.9 Å². The van der Waals surface area contributed by atoms with Gasteiger partial charge in [-0.3, -0.25) is 9.67 Å². The van der Waals surface area contributed by atoms with Gasteiger partial charge in [0.25, 0.3) is 0 Å². The molecule has 2 N–H and O–H groups in total. The quantitative estimate of drug-likeness (QED) is 0.356. The zero-order valence-electron chi connectivity index (χ0n) is 18.4. The number of aliphatic imine (C=N–C) groups is 1. The van der Waals surface area contributed by atoms with Crippen molar-refractivity contribution in [2.75, 3.05) is 13.7 Å². The molecule has 3 unspecified atom stereocenters. The Morgan fingerprint density at radius 1 is 1.34 bits per heavy atom. The molecule has 4 rings (SSSR count). The van der Waals surface area contributed by atoms with Gasteiger partial charge in [-0.15, -0.1) is 24.0 Å². The van der Waals surface area contributed by atoms with Crippen molar-refractivity contribution < 1.29 is 4.74 Å². The fourth-order valence-corrected chi connectivity index (χ4v) is 5.52. The zero-order chi connectivity index (χ0) is 19.7. The Hall–Kier alpha value is -0.830. The van der Waals surface area contributed by atoms with E-state index in [-0.39, 0.29) is 24.0 Å². The van der Waals surface area contributed by atoms with E-state index in [2.05, 4.69) is 47.3 Å². The third-order valence-corrected chi connectivity index (χ3v) is 7.19. The van der Waals surface area contributed by atoms with Crippen LogP contribution >= 0.6 is 24.0 Å². The molecule has 1 aromatic rings. The van der Waals surface area contributed by atoms with Gasteiger partial charge in [0.15, 0.2) is 5.96 Å². The largest absolute Gasteiger partial charge is 0.378 e. The first-order valence-corrected chi connectivity index (χ1v) is 11.2. The molecule has 3 aliphatic carbocycles. The Morgan fingerprint density at radius 3 is 2.76 bits per heavy atom. The number of halogens is 1. The number of hydrogen-bond acceptors (Lipinski definition) is 3. The van der Waals surface area contributed by atoms with Crippen LogP contribution < -0.4 is 10.6 Å². The summed E-state index contributed by atoms with van der Waals surface area (Å²) in [5, 5.41) is 12.2. The maximum Gasteiger partial charge on any atom is 0.191 e. The average molecular weight is 515 g/mol. The number of ether oxygens (including phenoxy) is 1. The summed E-state index contributed by atoms with van der Waals surface area (Å²) in [5.41, 5.74) is 2.99. The maximum absolute atomic E-state index is 6.06. The van der Waals surface area contributed by atoms with Gasteiger partial charge in [0.1, 0.15) is 0 Å². The van der Waals surface area contributed by atoms with Crippen LogP contribution in [-0.2, 0) is 17.6 Å². The standard InChI is InChI=1S/C22H37N5O.HI/c1-5-28-20-13-19(22(20)10-6-7-11-22)25-21(23-4)24-17-9-8-16-14-27(15(2)3)26-18(16)12-17;/h14-15,17,19-20H,5-13H2,1-4H3,(H2,23,24,25);1H. The Bertz CT molecular complexity index is 710. The van der Waals surface area contributed by atoms with Crippen molar-refractivity contribution in [3.05, 3.63) is 17.5 Å². The van der Waals surface area contributed by atoms with Gasteiger partial charge in [0, 0.05) is 49.8 Å². The molecule has 2 fully saturated rings. The third-order valence-electron chi connectivity index (χ3n) is 7.19. The second-order valence-electron chi connectivity index (χ2n) is 9.15. The number of aryl methyl sites for hydroxylation is 1. The van der Waals surface area contributed by atoms with Crippen LogP contribution in [0, 0.1) is 5.41 Å². The zero-order valence-corrected chi connectivity index (χ0v) is 20.7. The minimum atomic E-state index is 0. The van der Waals surface area contributed by atoms with Crippen molar-refractivity contribution in [1.29, 1.82) is 0 Å². The van der Waals surface area contributed by atoms with Crippen molar-refractivity contribution in [3.8, 4) is 0 Å². The molecule has 29 heavy (non-hydrogen) atoms. The molecular weight excluding hydrogens is 477 g/mol. The minimum Gasteiger partial charge on any atom is -0.378 e.